The van der Waals surface area contributed by atoms with Gasteiger partial charge in [-0.05, 0) is 19.1 Å². The lowest BCUT2D eigenvalue weighted by Gasteiger charge is -2.14. The van der Waals surface area contributed by atoms with Gasteiger partial charge in [-0.25, -0.2) is 0 Å². The summed E-state index contributed by atoms with van der Waals surface area (Å²) in [5.41, 5.74) is -0.543. The Balaban J connectivity index is 3.28. The smallest absolute Gasteiger partial charge is 0.455 e. The highest BCUT2D eigenvalue weighted by atomic mass is 19.4. The number of para-hydroxylation sites is 1. The molecule has 1 aromatic carbocycles. The van der Waals surface area contributed by atoms with Crippen LogP contribution in [-0.2, 0) is 0 Å². The lowest BCUT2D eigenvalue weighted by atomic mass is 10.1. The number of alkyl halides is 3. The molecule has 17 heavy (non-hydrogen) atoms. The van der Waals surface area contributed by atoms with Crippen LogP contribution in [0.25, 0.3) is 0 Å². The third-order valence-electron chi connectivity index (χ3n) is 1.99. The molecule has 0 atom stereocenters. The number of Topliss-reactive ketones (excluding diaryl/α,β-unsaturated/α-hetero) is 1. The molecule has 3 nitrogen and oxygen atoms in total. The number of benzene rings is 1. The van der Waals surface area contributed by atoms with Crippen LogP contribution in [0.4, 0.5) is 13.2 Å². The number of halogens is 3. The standard InChI is InChI=1S/C11H11F3O3/c1-3-17-9-7(10(15)11(12,13)14)5-4-6-8(9)16-2/h4-6H,3H2,1-2H3. The molecule has 0 spiro atoms. The van der Waals surface area contributed by atoms with Gasteiger partial charge in [-0.15, -0.1) is 0 Å². The van der Waals surface area contributed by atoms with Crippen molar-refractivity contribution < 1.29 is 27.4 Å². The fourth-order valence-corrected chi connectivity index (χ4v) is 1.30. The Morgan fingerprint density at radius 3 is 2.47 bits per heavy atom. The van der Waals surface area contributed by atoms with Crippen LogP contribution in [0.1, 0.15) is 17.3 Å². The summed E-state index contributed by atoms with van der Waals surface area (Å²) in [4.78, 5) is 11.2. The third-order valence-corrected chi connectivity index (χ3v) is 1.99. The molecule has 6 heteroatoms. The first-order valence-electron chi connectivity index (χ1n) is 4.83. The van der Waals surface area contributed by atoms with Crippen LogP contribution >= 0.6 is 0 Å². The number of carbonyl (C=O) groups excluding carboxylic acids is 1. The zero-order valence-electron chi connectivity index (χ0n) is 9.30. The maximum Gasteiger partial charge on any atom is 0.455 e. The van der Waals surface area contributed by atoms with Crippen molar-refractivity contribution >= 4 is 5.78 Å². The quantitative estimate of drug-likeness (QED) is 0.768. The van der Waals surface area contributed by atoms with Crippen molar-refractivity contribution in [2.24, 2.45) is 0 Å². The molecule has 0 saturated carbocycles. The molecular formula is C11H11F3O3. The number of carbonyl (C=O) groups is 1. The molecule has 0 aliphatic rings. The molecule has 0 heterocycles. The van der Waals surface area contributed by atoms with Gasteiger partial charge in [0.25, 0.3) is 5.78 Å². The lowest BCUT2D eigenvalue weighted by Crippen LogP contribution is -2.23. The first kappa shape index (κ1) is 13.3. The largest absolute Gasteiger partial charge is 0.493 e. The van der Waals surface area contributed by atoms with E-state index < -0.39 is 17.5 Å². The summed E-state index contributed by atoms with van der Waals surface area (Å²) in [7, 11) is 1.29. The van der Waals surface area contributed by atoms with Gasteiger partial charge in [0, 0.05) is 0 Å². The zero-order valence-corrected chi connectivity index (χ0v) is 9.30. The van der Waals surface area contributed by atoms with Gasteiger partial charge in [0.1, 0.15) is 0 Å². The van der Waals surface area contributed by atoms with E-state index in [0.29, 0.717) is 0 Å². The molecule has 0 aliphatic heterocycles. The van der Waals surface area contributed by atoms with Crippen LogP contribution in [0.15, 0.2) is 18.2 Å². The third kappa shape index (κ3) is 2.89. The van der Waals surface area contributed by atoms with Crippen molar-refractivity contribution in [1.29, 1.82) is 0 Å². The van der Waals surface area contributed by atoms with Crippen LogP contribution < -0.4 is 9.47 Å². The van der Waals surface area contributed by atoms with Gasteiger partial charge >= 0.3 is 6.18 Å². The molecule has 0 saturated heterocycles. The minimum atomic E-state index is -4.93. The van der Waals surface area contributed by atoms with Crippen LogP contribution in [0, 0.1) is 0 Å². The zero-order chi connectivity index (χ0) is 13.1. The number of ether oxygens (including phenoxy) is 2. The number of rotatable bonds is 4. The van der Waals surface area contributed by atoms with Crippen LogP contribution in [0.5, 0.6) is 11.5 Å². The number of ketones is 1. The summed E-state index contributed by atoms with van der Waals surface area (Å²) >= 11 is 0. The van der Waals surface area contributed by atoms with Gasteiger partial charge in [0.2, 0.25) is 0 Å². The first-order valence-corrected chi connectivity index (χ1v) is 4.83. The Morgan fingerprint density at radius 1 is 1.35 bits per heavy atom. The van der Waals surface area contributed by atoms with Gasteiger partial charge in [0.05, 0.1) is 19.3 Å². The average Bonchev–Trinajstić information content (AvgIpc) is 2.27. The average molecular weight is 248 g/mol. The Hall–Kier alpha value is -1.72. The molecule has 0 aliphatic carbocycles. The molecule has 0 aromatic heterocycles. The van der Waals surface area contributed by atoms with Crippen molar-refractivity contribution in [3.8, 4) is 11.5 Å². The van der Waals surface area contributed by atoms with E-state index in [4.69, 9.17) is 9.47 Å². The topological polar surface area (TPSA) is 35.5 Å². The maximum atomic E-state index is 12.3. The first-order chi connectivity index (χ1) is 7.91. The molecule has 94 valence electrons. The molecule has 0 N–H and O–H groups in total. The van der Waals surface area contributed by atoms with E-state index in [-0.39, 0.29) is 18.1 Å². The van der Waals surface area contributed by atoms with Crippen LogP contribution in [-0.4, -0.2) is 25.7 Å². The summed E-state index contributed by atoms with van der Waals surface area (Å²) in [6.45, 7) is 1.74. The van der Waals surface area contributed by atoms with Crippen LogP contribution in [0.2, 0.25) is 0 Å². The summed E-state index contributed by atoms with van der Waals surface area (Å²) < 4.78 is 46.9. The van der Waals surface area contributed by atoms with E-state index in [2.05, 4.69) is 0 Å². The molecule has 0 radical (unpaired) electrons. The van der Waals surface area contributed by atoms with Gasteiger partial charge in [0.15, 0.2) is 11.5 Å². The van der Waals surface area contributed by atoms with E-state index in [0.717, 1.165) is 6.07 Å². The Morgan fingerprint density at radius 2 is 2.00 bits per heavy atom. The fourth-order valence-electron chi connectivity index (χ4n) is 1.30. The summed E-state index contributed by atoms with van der Waals surface area (Å²) in [5.74, 6) is -2.03. The highest BCUT2D eigenvalue weighted by Gasteiger charge is 2.41. The molecule has 1 rings (SSSR count). The number of hydrogen-bond acceptors (Lipinski definition) is 3. The van der Waals surface area contributed by atoms with Crippen molar-refractivity contribution in [3.63, 3.8) is 0 Å². The van der Waals surface area contributed by atoms with E-state index in [1.807, 2.05) is 0 Å². The summed E-state index contributed by atoms with van der Waals surface area (Å²) in [6, 6.07) is 3.79. The number of methoxy groups -OCH3 is 1. The maximum absolute atomic E-state index is 12.3. The molecule has 1 aromatic rings. The predicted octanol–water partition coefficient (Wildman–Crippen LogP) is 2.84. The second kappa shape index (κ2) is 5.07. The Labute approximate surface area is 96.1 Å². The molecule has 0 unspecified atom stereocenters. The van der Waals surface area contributed by atoms with Gasteiger partial charge in [-0.3, -0.25) is 4.79 Å². The molecule has 0 amide bonds. The second-order valence-corrected chi connectivity index (χ2v) is 3.10. The van der Waals surface area contributed by atoms with Crippen molar-refractivity contribution in [3.05, 3.63) is 23.8 Å². The monoisotopic (exact) mass is 248 g/mol. The highest BCUT2D eigenvalue weighted by molar-refractivity contribution is 6.03. The van der Waals surface area contributed by atoms with Gasteiger partial charge in [-0.1, -0.05) is 6.07 Å². The van der Waals surface area contributed by atoms with E-state index in [1.165, 1.54) is 19.2 Å². The normalized spacial score (nSPS) is 11.1. The minimum absolute atomic E-state index is 0.0990. The van der Waals surface area contributed by atoms with Crippen molar-refractivity contribution in [1.82, 2.24) is 0 Å². The molecular weight excluding hydrogens is 237 g/mol. The van der Waals surface area contributed by atoms with Gasteiger partial charge in [-0.2, -0.15) is 13.2 Å². The van der Waals surface area contributed by atoms with Gasteiger partial charge < -0.3 is 9.47 Å². The van der Waals surface area contributed by atoms with Crippen LogP contribution in [0.3, 0.4) is 0 Å². The predicted molar refractivity (Wildman–Crippen MR) is 54.5 cm³/mol. The van der Waals surface area contributed by atoms with Crippen molar-refractivity contribution in [2.45, 2.75) is 13.1 Å². The summed E-state index contributed by atoms with van der Waals surface area (Å²) in [6.07, 6.45) is -4.93. The van der Waals surface area contributed by atoms with E-state index in [9.17, 15) is 18.0 Å². The highest BCUT2D eigenvalue weighted by Crippen LogP contribution is 2.34. The fraction of sp³-hybridized carbons (Fsp3) is 0.364. The number of hydrogen-bond donors (Lipinski definition) is 0. The van der Waals surface area contributed by atoms with E-state index >= 15 is 0 Å². The SMILES string of the molecule is CCOc1c(OC)cccc1C(=O)C(F)(F)F. The summed E-state index contributed by atoms with van der Waals surface area (Å²) in [5, 5.41) is 0. The molecule has 0 fully saturated rings. The lowest BCUT2D eigenvalue weighted by molar-refractivity contribution is -0.0886. The molecule has 0 bridgehead atoms. The Bertz CT molecular complexity index is 413. The minimum Gasteiger partial charge on any atom is -0.493 e. The Kier molecular flexibility index (Phi) is 3.98. The van der Waals surface area contributed by atoms with E-state index in [1.54, 1.807) is 6.92 Å². The second-order valence-electron chi connectivity index (χ2n) is 3.10. The van der Waals surface area contributed by atoms with Crippen molar-refractivity contribution in [2.75, 3.05) is 13.7 Å².